The van der Waals surface area contributed by atoms with Gasteiger partial charge in [0.1, 0.15) is 5.75 Å². The van der Waals surface area contributed by atoms with Crippen LogP contribution in [0.3, 0.4) is 0 Å². The van der Waals surface area contributed by atoms with Crippen LogP contribution in [-0.4, -0.2) is 18.6 Å². The Morgan fingerprint density at radius 2 is 1.83 bits per heavy atom. The summed E-state index contributed by atoms with van der Waals surface area (Å²) in [5, 5.41) is 1.27. The Balaban J connectivity index is 2.21. The molecular weight excluding hydrogens is 296 g/mol. The molecule has 0 bridgehead atoms. The summed E-state index contributed by atoms with van der Waals surface area (Å²) in [4.78, 5) is 3.68. The standard InChI is InChI=1S/C21H26N2O/c1-14-8-4-5-9-17(14)21-18(10-6-7-11-22)19-13-16(24-3)12-15(2)20(19)23-21/h4-5,8-9,12-13,23H,6-7,10-11,22H2,1-3H3. The fourth-order valence-corrected chi connectivity index (χ4v) is 3.40. The Hall–Kier alpha value is -2.26. The summed E-state index contributed by atoms with van der Waals surface area (Å²) in [6, 6.07) is 12.8. The molecule has 0 saturated carbocycles. The van der Waals surface area contributed by atoms with Crippen molar-refractivity contribution < 1.29 is 4.74 Å². The van der Waals surface area contributed by atoms with Crippen LogP contribution in [0.1, 0.15) is 29.5 Å². The van der Waals surface area contributed by atoms with Crippen LogP contribution in [0.4, 0.5) is 0 Å². The Morgan fingerprint density at radius 1 is 1.04 bits per heavy atom. The predicted molar refractivity (Wildman–Crippen MR) is 102 cm³/mol. The molecule has 1 heterocycles. The van der Waals surface area contributed by atoms with E-state index >= 15 is 0 Å². The van der Waals surface area contributed by atoms with Gasteiger partial charge >= 0.3 is 0 Å². The molecule has 0 fully saturated rings. The van der Waals surface area contributed by atoms with Crippen molar-refractivity contribution in [2.24, 2.45) is 5.73 Å². The highest BCUT2D eigenvalue weighted by Crippen LogP contribution is 2.36. The number of hydrogen-bond donors (Lipinski definition) is 2. The van der Waals surface area contributed by atoms with Crippen LogP contribution in [0, 0.1) is 13.8 Å². The molecule has 3 aromatic rings. The van der Waals surface area contributed by atoms with Crippen molar-refractivity contribution in [1.82, 2.24) is 4.98 Å². The molecule has 0 aliphatic heterocycles. The lowest BCUT2D eigenvalue weighted by Gasteiger charge is -2.08. The molecule has 0 amide bonds. The molecule has 126 valence electrons. The third kappa shape index (κ3) is 3.04. The van der Waals surface area contributed by atoms with Crippen LogP contribution >= 0.6 is 0 Å². The summed E-state index contributed by atoms with van der Waals surface area (Å²) in [6.45, 7) is 5.04. The molecule has 0 unspecified atom stereocenters. The first-order chi connectivity index (χ1) is 11.7. The van der Waals surface area contributed by atoms with Crippen molar-refractivity contribution in [2.45, 2.75) is 33.1 Å². The van der Waals surface area contributed by atoms with Gasteiger partial charge in [-0.05, 0) is 68.5 Å². The Morgan fingerprint density at radius 3 is 2.54 bits per heavy atom. The molecule has 3 N–H and O–H groups in total. The van der Waals surface area contributed by atoms with E-state index in [0.29, 0.717) is 0 Å². The maximum Gasteiger partial charge on any atom is 0.119 e. The van der Waals surface area contributed by atoms with Crippen LogP contribution in [0.25, 0.3) is 22.2 Å². The van der Waals surface area contributed by atoms with E-state index in [4.69, 9.17) is 10.5 Å². The third-order valence-corrected chi connectivity index (χ3v) is 4.72. The smallest absolute Gasteiger partial charge is 0.119 e. The van der Waals surface area contributed by atoms with Crippen LogP contribution < -0.4 is 10.5 Å². The lowest BCUT2D eigenvalue weighted by molar-refractivity contribution is 0.415. The summed E-state index contributed by atoms with van der Waals surface area (Å²) in [5.74, 6) is 0.912. The first-order valence-corrected chi connectivity index (χ1v) is 8.61. The number of H-pyrrole nitrogens is 1. The predicted octanol–water partition coefficient (Wildman–Crippen LogP) is 4.74. The van der Waals surface area contributed by atoms with Gasteiger partial charge in [-0.15, -0.1) is 0 Å². The van der Waals surface area contributed by atoms with Crippen molar-refractivity contribution >= 4 is 10.9 Å². The number of aromatic nitrogens is 1. The van der Waals surface area contributed by atoms with E-state index < -0.39 is 0 Å². The number of methoxy groups -OCH3 is 1. The summed E-state index contributed by atoms with van der Waals surface area (Å²) >= 11 is 0. The van der Waals surface area contributed by atoms with E-state index in [1.54, 1.807) is 7.11 Å². The van der Waals surface area contributed by atoms with Crippen molar-refractivity contribution in [3.63, 3.8) is 0 Å². The minimum absolute atomic E-state index is 0.740. The topological polar surface area (TPSA) is 51.0 Å². The number of hydrogen-bond acceptors (Lipinski definition) is 2. The van der Waals surface area contributed by atoms with Gasteiger partial charge < -0.3 is 15.5 Å². The second-order valence-corrected chi connectivity index (χ2v) is 6.41. The summed E-state index contributed by atoms with van der Waals surface area (Å²) < 4.78 is 5.49. The molecule has 3 heteroatoms. The molecule has 3 rings (SSSR count). The Labute approximate surface area is 143 Å². The number of aryl methyl sites for hydroxylation is 3. The molecule has 3 nitrogen and oxygen atoms in total. The molecule has 1 aromatic heterocycles. The van der Waals surface area contributed by atoms with E-state index in [9.17, 15) is 0 Å². The molecular formula is C21H26N2O. The largest absolute Gasteiger partial charge is 0.497 e. The first kappa shape index (κ1) is 16.6. The van der Waals surface area contributed by atoms with Gasteiger partial charge in [0, 0.05) is 22.2 Å². The van der Waals surface area contributed by atoms with Crippen LogP contribution in [-0.2, 0) is 6.42 Å². The average molecular weight is 322 g/mol. The quantitative estimate of drug-likeness (QED) is 0.644. The lowest BCUT2D eigenvalue weighted by Crippen LogP contribution is -1.99. The lowest BCUT2D eigenvalue weighted by atomic mass is 9.97. The fraction of sp³-hybridized carbons (Fsp3) is 0.333. The molecule has 0 spiro atoms. The fourth-order valence-electron chi connectivity index (χ4n) is 3.40. The second kappa shape index (κ2) is 7.10. The molecule has 0 radical (unpaired) electrons. The number of aromatic amines is 1. The molecule has 0 saturated heterocycles. The summed E-state index contributed by atoms with van der Waals surface area (Å²) in [5.41, 5.74) is 13.3. The molecule has 0 atom stereocenters. The number of unbranched alkanes of at least 4 members (excludes halogenated alkanes) is 1. The van der Waals surface area contributed by atoms with Crippen LogP contribution in [0.5, 0.6) is 5.75 Å². The van der Waals surface area contributed by atoms with E-state index in [1.165, 1.54) is 38.9 Å². The van der Waals surface area contributed by atoms with Gasteiger partial charge in [0.2, 0.25) is 0 Å². The van der Waals surface area contributed by atoms with Crippen molar-refractivity contribution in [3.05, 3.63) is 53.1 Å². The maximum atomic E-state index is 5.70. The monoisotopic (exact) mass is 322 g/mol. The number of nitrogens with one attached hydrogen (secondary N) is 1. The Bertz CT molecular complexity index is 848. The van der Waals surface area contributed by atoms with Crippen molar-refractivity contribution in [3.8, 4) is 17.0 Å². The number of nitrogens with two attached hydrogens (primary N) is 1. The zero-order valence-electron chi connectivity index (χ0n) is 14.8. The third-order valence-electron chi connectivity index (χ3n) is 4.72. The molecule has 0 aliphatic carbocycles. The Kier molecular flexibility index (Phi) is 4.91. The summed E-state index contributed by atoms with van der Waals surface area (Å²) in [7, 11) is 1.73. The van der Waals surface area contributed by atoms with Crippen molar-refractivity contribution in [1.29, 1.82) is 0 Å². The molecule has 0 aliphatic rings. The molecule has 2 aromatic carbocycles. The van der Waals surface area contributed by atoms with Crippen molar-refractivity contribution in [2.75, 3.05) is 13.7 Å². The zero-order valence-corrected chi connectivity index (χ0v) is 14.8. The van der Waals surface area contributed by atoms with Crippen LogP contribution in [0.2, 0.25) is 0 Å². The van der Waals surface area contributed by atoms with Gasteiger partial charge in [-0.1, -0.05) is 24.3 Å². The number of benzene rings is 2. The van der Waals surface area contributed by atoms with Gasteiger partial charge in [-0.25, -0.2) is 0 Å². The van der Waals surface area contributed by atoms with Gasteiger partial charge in [0.25, 0.3) is 0 Å². The normalized spacial score (nSPS) is 11.2. The van der Waals surface area contributed by atoms with E-state index in [1.807, 2.05) is 0 Å². The van der Waals surface area contributed by atoms with Gasteiger partial charge in [0.05, 0.1) is 7.11 Å². The highest BCUT2D eigenvalue weighted by molar-refractivity contribution is 5.94. The van der Waals surface area contributed by atoms with Gasteiger partial charge in [0.15, 0.2) is 0 Å². The minimum Gasteiger partial charge on any atom is -0.497 e. The first-order valence-electron chi connectivity index (χ1n) is 8.61. The van der Waals surface area contributed by atoms with Gasteiger partial charge in [-0.3, -0.25) is 0 Å². The van der Waals surface area contributed by atoms with E-state index in [0.717, 1.165) is 31.6 Å². The average Bonchev–Trinajstić information content (AvgIpc) is 2.94. The number of fused-ring (bicyclic) bond motifs is 1. The summed E-state index contributed by atoms with van der Waals surface area (Å²) in [6.07, 6.45) is 3.16. The number of ether oxygens (including phenoxy) is 1. The SMILES string of the molecule is COc1cc(C)c2[nH]c(-c3ccccc3C)c(CCCCN)c2c1. The maximum absolute atomic E-state index is 5.70. The zero-order chi connectivity index (χ0) is 17.1. The van der Waals surface area contributed by atoms with E-state index in [-0.39, 0.29) is 0 Å². The minimum atomic E-state index is 0.740. The number of rotatable bonds is 6. The highest BCUT2D eigenvalue weighted by atomic mass is 16.5. The van der Waals surface area contributed by atoms with Crippen LogP contribution in [0.15, 0.2) is 36.4 Å². The van der Waals surface area contributed by atoms with E-state index in [2.05, 4.69) is 55.2 Å². The second-order valence-electron chi connectivity index (χ2n) is 6.41. The molecule has 24 heavy (non-hydrogen) atoms. The van der Waals surface area contributed by atoms with Gasteiger partial charge in [-0.2, -0.15) is 0 Å². The highest BCUT2D eigenvalue weighted by Gasteiger charge is 2.16.